The van der Waals surface area contributed by atoms with Crippen LogP contribution in [0, 0.1) is 5.92 Å². The molecule has 0 unspecified atom stereocenters. The Balaban J connectivity index is 1.41. The van der Waals surface area contributed by atoms with Crippen LogP contribution in [0.4, 0.5) is 5.13 Å². The molecule has 148 valence electrons. The van der Waals surface area contributed by atoms with Crippen molar-refractivity contribution in [3.05, 3.63) is 41.3 Å². The van der Waals surface area contributed by atoms with Crippen LogP contribution in [0.2, 0.25) is 0 Å². The van der Waals surface area contributed by atoms with Gasteiger partial charge in [0.15, 0.2) is 5.13 Å². The molecule has 1 aliphatic heterocycles. The minimum absolute atomic E-state index is 0.0784. The number of aromatic nitrogens is 1. The molecule has 0 radical (unpaired) electrons. The van der Waals surface area contributed by atoms with Crippen molar-refractivity contribution >= 4 is 54.0 Å². The number of sulfonamides is 1. The van der Waals surface area contributed by atoms with E-state index in [9.17, 15) is 13.2 Å². The molecule has 1 saturated heterocycles. The molecule has 9 heteroatoms. The quantitative estimate of drug-likeness (QED) is 0.658. The number of hydrogen-bond donors (Lipinski definition) is 1. The van der Waals surface area contributed by atoms with E-state index in [4.69, 9.17) is 0 Å². The van der Waals surface area contributed by atoms with Crippen LogP contribution in [-0.4, -0.2) is 36.7 Å². The summed E-state index contributed by atoms with van der Waals surface area (Å²) in [5.74, 6) is -0.280. The van der Waals surface area contributed by atoms with Gasteiger partial charge >= 0.3 is 0 Å². The van der Waals surface area contributed by atoms with E-state index in [0.29, 0.717) is 35.3 Å². The van der Waals surface area contributed by atoms with Crippen LogP contribution in [0.15, 0.2) is 39.9 Å². The number of thiazole rings is 1. The topological polar surface area (TPSA) is 79.4 Å². The molecule has 0 saturated carbocycles. The lowest BCUT2D eigenvalue weighted by Crippen LogP contribution is -2.41. The van der Waals surface area contributed by atoms with Gasteiger partial charge in [-0.2, -0.15) is 4.31 Å². The molecule has 0 spiro atoms. The number of aryl methyl sites for hydroxylation is 1. The van der Waals surface area contributed by atoms with E-state index in [2.05, 4.69) is 23.3 Å². The molecule has 1 N–H and O–H groups in total. The molecule has 1 aromatic carbocycles. The normalized spacial score (nSPS) is 16.5. The van der Waals surface area contributed by atoms with Crippen LogP contribution >= 0.6 is 22.7 Å². The van der Waals surface area contributed by atoms with Crippen molar-refractivity contribution in [3.8, 4) is 0 Å². The minimum Gasteiger partial charge on any atom is -0.302 e. The molecule has 1 fully saturated rings. The van der Waals surface area contributed by atoms with Gasteiger partial charge in [-0.1, -0.05) is 36.5 Å². The highest BCUT2D eigenvalue weighted by molar-refractivity contribution is 7.91. The first-order valence-corrected chi connectivity index (χ1v) is 12.4. The summed E-state index contributed by atoms with van der Waals surface area (Å²) in [6.07, 6.45) is 1.93. The number of rotatable bonds is 5. The van der Waals surface area contributed by atoms with Gasteiger partial charge in [0.2, 0.25) is 5.91 Å². The molecule has 0 atom stereocenters. The lowest BCUT2D eigenvalue weighted by Gasteiger charge is -2.29. The van der Waals surface area contributed by atoms with E-state index in [0.717, 1.165) is 16.6 Å². The highest BCUT2D eigenvalue weighted by Gasteiger charge is 2.32. The Morgan fingerprint density at radius 3 is 2.71 bits per heavy atom. The van der Waals surface area contributed by atoms with Gasteiger partial charge in [-0.3, -0.25) is 4.79 Å². The van der Waals surface area contributed by atoms with Crippen molar-refractivity contribution in [1.29, 1.82) is 0 Å². The number of carbonyl (C=O) groups is 1. The fourth-order valence-corrected chi connectivity index (χ4v) is 6.98. The third-order valence-corrected chi connectivity index (χ3v) is 9.24. The van der Waals surface area contributed by atoms with Gasteiger partial charge in [-0.25, -0.2) is 13.4 Å². The molecular weight excluding hydrogens is 414 g/mol. The molecule has 1 aliphatic rings. The van der Waals surface area contributed by atoms with E-state index in [1.54, 1.807) is 17.5 Å². The first-order valence-electron chi connectivity index (χ1n) is 9.22. The van der Waals surface area contributed by atoms with Gasteiger partial charge < -0.3 is 5.32 Å². The summed E-state index contributed by atoms with van der Waals surface area (Å²) < 4.78 is 28.1. The van der Waals surface area contributed by atoms with Crippen LogP contribution in [0.5, 0.6) is 0 Å². The summed E-state index contributed by atoms with van der Waals surface area (Å²) in [5, 5.41) is 5.30. The zero-order valence-electron chi connectivity index (χ0n) is 15.4. The van der Waals surface area contributed by atoms with Gasteiger partial charge in [-0.05, 0) is 42.3 Å². The maximum atomic E-state index is 12.7. The van der Waals surface area contributed by atoms with Gasteiger partial charge in [0.05, 0.1) is 10.2 Å². The van der Waals surface area contributed by atoms with E-state index in [1.165, 1.54) is 32.5 Å². The van der Waals surface area contributed by atoms with Crippen molar-refractivity contribution in [3.63, 3.8) is 0 Å². The Morgan fingerprint density at radius 2 is 2.04 bits per heavy atom. The Bertz CT molecular complexity index is 1080. The molecule has 1 amide bonds. The van der Waals surface area contributed by atoms with Crippen molar-refractivity contribution < 1.29 is 13.2 Å². The summed E-state index contributed by atoms with van der Waals surface area (Å²) in [4.78, 5) is 17.3. The second-order valence-corrected chi connectivity index (χ2v) is 10.9. The molecular formula is C19H21N3O3S3. The Hall–Kier alpha value is -1.81. The maximum absolute atomic E-state index is 12.7. The first-order chi connectivity index (χ1) is 13.5. The molecule has 28 heavy (non-hydrogen) atoms. The standard InChI is InChI=1S/C19H21N3O3S3/c1-2-13-5-3-6-15-17(13)20-19(27-15)21-18(23)14-8-10-22(11-9-14)28(24,25)16-7-4-12-26-16/h3-7,12,14H,2,8-11H2,1H3,(H,20,21,23). The van der Waals surface area contributed by atoms with Gasteiger partial charge in [-0.15, -0.1) is 11.3 Å². The van der Waals surface area contributed by atoms with Crippen molar-refractivity contribution in [1.82, 2.24) is 9.29 Å². The summed E-state index contributed by atoms with van der Waals surface area (Å²) in [6, 6.07) is 9.43. The summed E-state index contributed by atoms with van der Waals surface area (Å²) >= 11 is 2.70. The Labute approximate surface area is 172 Å². The summed E-state index contributed by atoms with van der Waals surface area (Å²) in [5.41, 5.74) is 2.11. The van der Waals surface area contributed by atoms with Gasteiger partial charge in [0.1, 0.15) is 4.21 Å². The number of amides is 1. The number of hydrogen-bond acceptors (Lipinski definition) is 6. The van der Waals surface area contributed by atoms with Crippen LogP contribution in [0.25, 0.3) is 10.2 Å². The van der Waals surface area contributed by atoms with Crippen molar-refractivity contribution in [2.45, 2.75) is 30.4 Å². The number of nitrogens with one attached hydrogen (secondary N) is 1. The lowest BCUT2D eigenvalue weighted by molar-refractivity contribution is -0.120. The fraction of sp³-hybridized carbons (Fsp3) is 0.368. The first kappa shape index (κ1) is 19.5. The number of para-hydroxylation sites is 1. The van der Waals surface area contributed by atoms with E-state index in [1.807, 2.05) is 12.1 Å². The average Bonchev–Trinajstić information content (AvgIpc) is 3.37. The van der Waals surface area contributed by atoms with E-state index < -0.39 is 10.0 Å². The minimum atomic E-state index is -3.44. The zero-order chi connectivity index (χ0) is 19.7. The third-order valence-electron chi connectivity index (χ3n) is 5.03. The predicted octanol–water partition coefficient (Wildman–Crippen LogP) is 3.96. The fourth-order valence-electron chi connectivity index (χ4n) is 3.45. The van der Waals surface area contributed by atoms with Crippen LogP contribution in [0.3, 0.4) is 0 Å². The molecule has 4 rings (SSSR count). The number of anilines is 1. The van der Waals surface area contributed by atoms with E-state index >= 15 is 0 Å². The Morgan fingerprint density at radius 1 is 1.25 bits per heavy atom. The molecule has 3 aromatic rings. The largest absolute Gasteiger partial charge is 0.302 e. The highest BCUT2D eigenvalue weighted by Crippen LogP contribution is 2.30. The van der Waals surface area contributed by atoms with Gasteiger partial charge in [0, 0.05) is 19.0 Å². The average molecular weight is 436 g/mol. The second-order valence-electron chi connectivity index (χ2n) is 6.74. The van der Waals surface area contributed by atoms with E-state index in [-0.39, 0.29) is 11.8 Å². The van der Waals surface area contributed by atoms with Crippen LogP contribution in [-0.2, 0) is 21.2 Å². The third kappa shape index (κ3) is 3.71. The molecule has 6 nitrogen and oxygen atoms in total. The smallest absolute Gasteiger partial charge is 0.252 e. The lowest BCUT2D eigenvalue weighted by atomic mass is 9.97. The van der Waals surface area contributed by atoms with Crippen LogP contribution < -0.4 is 5.32 Å². The highest BCUT2D eigenvalue weighted by atomic mass is 32.2. The number of thiophene rings is 1. The number of nitrogens with zero attached hydrogens (tertiary/aromatic N) is 2. The summed E-state index contributed by atoms with van der Waals surface area (Å²) in [7, 11) is -3.44. The van der Waals surface area contributed by atoms with Gasteiger partial charge in [0.25, 0.3) is 10.0 Å². The van der Waals surface area contributed by atoms with Crippen LogP contribution in [0.1, 0.15) is 25.3 Å². The molecule has 0 aliphatic carbocycles. The number of fused-ring (bicyclic) bond motifs is 1. The SMILES string of the molecule is CCc1cccc2sc(NC(=O)C3CCN(S(=O)(=O)c4cccs4)CC3)nc12. The zero-order valence-corrected chi connectivity index (χ0v) is 17.9. The molecule has 0 bridgehead atoms. The number of carbonyl (C=O) groups excluding carboxylic acids is 1. The second kappa shape index (κ2) is 7.90. The summed E-state index contributed by atoms with van der Waals surface area (Å²) in [6.45, 7) is 2.81. The maximum Gasteiger partial charge on any atom is 0.252 e. The Kier molecular flexibility index (Phi) is 5.50. The predicted molar refractivity (Wildman–Crippen MR) is 113 cm³/mol. The monoisotopic (exact) mass is 435 g/mol. The molecule has 3 heterocycles. The van der Waals surface area contributed by atoms with Crippen molar-refractivity contribution in [2.24, 2.45) is 5.92 Å². The molecule has 2 aromatic heterocycles. The number of piperidine rings is 1. The van der Waals surface area contributed by atoms with Crippen molar-refractivity contribution in [2.75, 3.05) is 18.4 Å². The number of benzene rings is 1.